The molecule has 0 aromatic rings. The quantitative estimate of drug-likeness (QED) is 0.671. The number of hydrogen-bond acceptors (Lipinski definition) is 3. The van der Waals surface area contributed by atoms with Gasteiger partial charge in [0, 0.05) is 19.1 Å². The summed E-state index contributed by atoms with van der Waals surface area (Å²) in [5.41, 5.74) is 0. The van der Waals surface area contributed by atoms with E-state index >= 15 is 0 Å². The molecule has 1 amide bonds. The van der Waals surface area contributed by atoms with E-state index in [9.17, 15) is 4.79 Å². The van der Waals surface area contributed by atoms with Crippen molar-refractivity contribution in [2.24, 2.45) is 0 Å². The minimum atomic E-state index is -0.123. The molecule has 1 rings (SSSR count). The molecular weight excluding hydrogens is 192 g/mol. The Morgan fingerprint density at radius 3 is 2.67 bits per heavy atom. The summed E-state index contributed by atoms with van der Waals surface area (Å²) in [5.74, 6) is 0.0675. The summed E-state index contributed by atoms with van der Waals surface area (Å²) in [4.78, 5) is 13.8. The van der Waals surface area contributed by atoms with Crippen LogP contribution in [0.15, 0.2) is 0 Å². The highest BCUT2D eigenvalue weighted by molar-refractivity contribution is 5.81. The summed E-state index contributed by atoms with van der Waals surface area (Å²) in [7, 11) is 0. The van der Waals surface area contributed by atoms with Gasteiger partial charge in [0.05, 0.1) is 12.6 Å². The second kappa shape index (κ2) is 6.08. The molecule has 4 heteroatoms. The molecule has 0 spiro atoms. The molecule has 1 aliphatic carbocycles. The molecule has 1 unspecified atom stereocenters. The van der Waals surface area contributed by atoms with Crippen molar-refractivity contribution in [3.05, 3.63) is 0 Å². The zero-order valence-corrected chi connectivity index (χ0v) is 9.70. The Labute approximate surface area is 91.6 Å². The fourth-order valence-corrected chi connectivity index (χ4v) is 2.00. The maximum absolute atomic E-state index is 11.7. The summed E-state index contributed by atoms with van der Waals surface area (Å²) in [6.45, 7) is 5.23. The van der Waals surface area contributed by atoms with E-state index in [2.05, 4.69) is 10.2 Å². The van der Waals surface area contributed by atoms with Crippen molar-refractivity contribution in [1.29, 1.82) is 0 Å². The maximum Gasteiger partial charge on any atom is 0.237 e. The summed E-state index contributed by atoms with van der Waals surface area (Å²) in [6, 6.07) is 0.372. The van der Waals surface area contributed by atoms with Crippen LogP contribution in [0.4, 0.5) is 0 Å². The fourth-order valence-electron chi connectivity index (χ4n) is 2.00. The van der Waals surface area contributed by atoms with Gasteiger partial charge in [-0.1, -0.05) is 6.42 Å². The van der Waals surface area contributed by atoms with E-state index in [4.69, 9.17) is 5.11 Å². The Morgan fingerprint density at radius 2 is 2.27 bits per heavy atom. The van der Waals surface area contributed by atoms with E-state index in [1.165, 1.54) is 6.42 Å². The van der Waals surface area contributed by atoms with Gasteiger partial charge >= 0.3 is 0 Å². The average molecular weight is 214 g/mol. The predicted octanol–water partition coefficient (Wildman–Crippen LogP) is 0.358. The molecule has 0 saturated heterocycles. The van der Waals surface area contributed by atoms with E-state index in [1.807, 2.05) is 13.8 Å². The van der Waals surface area contributed by atoms with Crippen molar-refractivity contribution >= 4 is 5.91 Å². The topological polar surface area (TPSA) is 52.6 Å². The van der Waals surface area contributed by atoms with Crippen molar-refractivity contribution in [3.8, 4) is 0 Å². The molecule has 0 aliphatic heterocycles. The molecule has 1 saturated carbocycles. The van der Waals surface area contributed by atoms with Gasteiger partial charge in [-0.25, -0.2) is 0 Å². The van der Waals surface area contributed by atoms with E-state index in [0.29, 0.717) is 19.1 Å². The summed E-state index contributed by atoms with van der Waals surface area (Å²) in [5, 5.41) is 11.8. The Balaban J connectivity index is 2.49. The second-order valence-corrected chi connectivity index (χ2v) is 4.12. The number of aliphatic hydroxyl groups excluding tert-OH is 1. The number of nitrogens with zero attached hydrogens (tertiary/aromatic N) is 1. The van der Waals surface area contributed by atoms with Crippen LogP contribution >= 0.6 is 0 Å². The normalized spacial score (nSPS) is 18.7. The van der Waals surface area contributed by atoms with Gasteiger partial charge in [-0.05, 0) is 26.7 Å². The number of rotatable bonds is 6. The summed E-state index contributed by atoms with van der Waals surface area (Å²) < 4.78 is 0. The average Bonchev–Trinajstić information content (AvgIpc) is 2.13. The van der Waals surface area contributed by atoms with Crippen molar-refractivity contribution in [3.63, 3.8) is 0 Å². The Bertz CT molecular complexity index is 205. The third-order valence-corrected chi connectivity index (χ3v) is 3.13. The highest BCUT2D eigenvalue weighted by Gasteiger charge is 2.30. The number of likely N-dealkylation sites (N-methyl/N-ethyl adjacent to an activating group) is 1. The minimum absolute atomic E-state index is 0.0675. The highest BCUT2D eigenvalue weighted by atomic mass is 16.3. The molecule has 88 valence electrons. The van der Waals surface area contributed by atoms with E-state index in [-0.39, 0.29) is 18.6 Å². The molecule has 1 atom stereocenters. The maximum atomic E-state index is 11.7. The molecular formula is C11H22N2O2. The van der Waals surface area contributed by atoms with Gasteiger partial charge in [-0.2, -0.15) is 0 Å². The van der Waals surface area contributed by atoms with Crippen LogP contribution in [0.1, 0.15) is 33.1 Å². The lowest BCUT2D eigenvalue weighted by Crippen LogP contribution is -2.52. The molecule has 1 fully saturated rings. The van der Waals surface area contributed by atoms with Crippen LogP contribution < -0.4 is 5.32 Å². The first-order valence-electron chi connectivity index (χ1n) is 5.85. The first-order valence-corrected chi connectivity index (χ1v) is 5.85. The van der Waals surface area contributed by atoms with Crippen LogP contribution in [0.3, 0.4) is 0 Å². The molecule has 0 heterocycles. The van der Waals surface area contributed by atoms with Crippen molar-refractivity contribution in [1.82, 2.24) is 10.2 Å². The number of hydrogen-bond donors (Lipinski definition) is 2. The fraction of sp³-hybridized carbons (Fsp3) is 0.909. The van der Waals surface area contributed by atoms with Crippen LogP contribution in [0, 0.1) is 0 Å². The Kier molecular flexibility index (Phi) is 5.05. The number of aliphatic hydroxyl groups is 1. The lowest BCUT2D eigenvalue weighted by molar-refractivity contribution is -0.127. The van der Waals surface area contributed by atoms with E-state index in [0.717, 1.165) is 12.8 Å². The van der Waals surface area contributed by atoms with Gasteiger partial charge in [0.15, 0.2) is 0 Å². The van der Waals surface area contributed by atoms with Crippen LogP contribution in [0.2, 0.25) is 0 Å². The molecule has 0 radical (unpaired) electrons. The van der Waals surface area contributed by atoms with Crippen molar-refractivity contribution < 1.29 is 9.90 Å². The van der Waals surface area contributed by atoms with Crippen molar-refractivity contribution in [2.45, 2.75) is 45.2 Å². The number of nitrogens with one attached hydrogen (secondary N) is 1. The molecule has 1 aliphatic rings. The predicted molar refractivity (Wildman–Crippen MR) is 59.6 cm³/mol. The van der Waals surface area contributed by atoms with Crippen molar-refractivity contribution in [2.75, 3.05) is 19.7 Å². The molecule has 0 aromatic heterocycles. The largest absolute Gasteiger partial charge is 0.395 e. The summed E-state index contributed by atoms with van der Waals surface area (Å²) in [6.07, 6.45) is 3.56. The first kappa shape index (κ1) is 12.5. The summed E-state index contributed by atoms with van der Waals surface area (Å²) >= 11 is 0. The number of carbonyl (C=O) groups is 1. The lowest BCUT2D eigenvalue weighted by Gasteiger charge is -2.40. The zero-order valence-electron chi connectivity index (χ0n) is 9.70. The molecule has 15 heavy (non-hydrogen) atoms. The third-order valence-electron chi connectivity index (χ3n) is 3.13. The monoisotopic (exact) mass is 214 g/mol. The number of carbonyl (C=O) groups excluding carboxylic acids is 1. The van der Waals surface area contributed by atoms with Gasteiger partial charge in [-0.15, -0.1) is 0 Å². The van der Waals surface area contributed by atoms with Gasteiger partial charge in [0.1, 0.15) is 0 Å². The zero-order chi connectivity index (χ0) is 11.3. The molecule has 0 bridgehead atoms. The lowest BCUT2D eigenvalue weighted by atomic mass is 9.90. The SMILES string of the molecule is CCNC(=O)C(C)N(CCO)C1CCC1. The first-order chi connectivity index (χ1) is 7.20. The number of amides is 1. The Morgan fingerprint density at radius 1 is 1.60 bits per heavy atom. The second-order valence-electron chi connectivity index (χ2n) is 4.12. The van der Waals surface area contributed by atoms with Gasteiger partial charge in [0.2, 0.25) is 5.91 Å². The van der Waals surface area contributed by atoms with Gasteiger partial charge < -0.3 is 10.4 Å². The van der Waals surface area contributed by atoms with Crippen LogP contribution in [0.5, 0.6) is 0 Å². The molecule has 4 nitrogen and oxygen atoms in total. The van der Waals surface area contributed by atoms with E-state index < -0.39 is 0 Å². The third kappa shape index (κ3) is 3.18. The van der Waals surface area contributed by atoms with Crippen LogP contribution in [0.25, 0.3) is 0 Å². The molecule has 0 aromatic carbocycles. The smallest absolute Gasteiger partial charge is 0.237 e. The van der Waals surface area contributed by atoms with Crippen LogP contribution in [-0.2, 0) is 4.79 Å². The minimum Gasteiger partial charge on any atom is -0.395 e. The van der Waals surface area contributed by atoms with Crippen LogP contribution in [-0.4, -0.2) is 47.7 Å². The van der Waals surface area contributed by atoms with Gasteiger partial charge in [0.25, 0.3) is 0 Å². The van der Waals surface area contributed by atoms with Gasteiger partial charge in [-0.3, -0.25) is 9.69 Å². The molecule has 2 N–H and O–H groups in total. The Hall–Kier alpha value is -0.610. The highest BCUT2D eigenvalue weighted by Crippen LogP contribution is 2.26. The van der Waals surface area contributed by atoms with E-state index in [1.54, 1.807) is 0 Å². The standard InChI is InChI=1S/C11H22N2O2/c1-3-12-11(15)9(2)13(7-8-14)10-5-4-6-10/h9-10,14H,3-8H2,1-2H3,(H,12,15).